The predicted molar refractivity (Wildman–Crippen MR) is 67.6 cm³/mol. The highest BCUT2D eigenvalue weighted by Crippen LogP contribution is 2.24. The van der Waals surface area contributed by atoms with E-state index in [4.69, 9.17) is 5.26 Å². The van der Waals surface area contributed by atoms with Crippen LogP contribution in [0.15, 0.2) is 0 Å². The topological polar surface area (TPSA) is 52.8 Å². The van der Waals surface area contributed by atoms with Gasteiger partial charge in [0.1, 0.15) is 0 Å². The molecule has 0 saturated carbocycles. The summed E-state index contributed by atoms with van der Waals surface area (Å²) in [6, 6.07) is 2.38. The van der Waals surface area contributed by atoms with Gasteiger partial charge < -0.3 is 0 Å². The molecule has 5 heteroatoms. The molecule has 1 aliphatic heterocycles. The molecule has 0 aliphatic carbocycles. The maximum absolute atomic E-state index is 8.98. The fourth-order valence-corrected chi connectivity index (χ4v) is 3.11. The van der Waals surface area contributed by atoms with Crippen LogP contribution in [0.2, 0.25) is 0 Å². The largest absolute Gasteiger partial charge is 0.297 e. The van der Waals surface area contributed by atoms with E-state index in [1.165, 1.54) is 16.4 Å². The van der Waals surface area contributed by atoms with Crippen molar-refractivity contribution in [3.63, 3.8) is 0 Å². The quantitative estimate of drug-likeness (QED) is 0.826. The normalized spacial score (nSPS) is 21.6. The zero-order valence-electron chi connectivity index (χ0n) is 10.4. The summed E-state index contributed by atoms with van der Waals surface area (Å²) >= 11 is 1.49. The third kappa shape index (κ3) is 3.02. The molecule has 1 aromatic rings. The van der Waals surface area contributed by atoms with E-state index < -0.39 is 0 Å². The first kappa shape index (κ1) is 12.5. The van der Waals surface area contributed by atoms with Gasteiger partial charge in [0.15, 0.2) is 0 Å². The molecule has 17 heavy (non-hydrogen) atoms. The van der Waals surface area contributed by atoms with E-state index in [9.17, 15) is 0 Å². The molecule has 1 atom stereocenters. The van der Waals surface area contributed by atoms with Crippen molar-refractivity contribution in [3.8, 4) is 6.07 Å². The molecule has 0 amide bonds. The Morgan fingerprint density at radius 1 is 1.59 bits per heavy atom. The van der Waals surface area contributed by atoms with Gasteiger partial charge in [0.05, 0.1) is 22.6 Å². The van der Waals surface area contributed by atoms with Gasteiger partial charge in [-0.25, -0.2) is 0 Å². The SMILES string of the molecule is CC(C)c1nnsc1CN1CCCC(C#N)C1. The Hall–Kier alpha value is -0.990. The van der Waals surface area contributed by atoms with Crippen LogP contribution in [0.1, 0.15) is 43.2 Å². The average Bonchev–Trinajstić information content (AvgIpc) is 2.77. The molecule has 0 aromatic carbocycles. The number of nitrogens with zero attached hydrogens (tertiary/aromatic N) is 4. The van der Waals surface area contributed by atoms with Crippen molar-refractivity contribution in [2.75, 3.05) is 13.1 Å². The molecule has 1 saturated heterocycles. The van der Waals surface area contributed by atoms with Gasteiger partial charge in [0, 0.05) is 13.1 Å². The lowest BCUT2D eigenvalue weighted by Crippen LogP contribution is -2.34. The smallest absolute Gasteiger partial charge is 0.0826 e. The summed E-state index contributed by atoms with van der Waals surface area (Å²) in [4.78, 5) is 3.62. The molecule has 0 bridgehead atoms. The lowest BCUT2D eigenvalue weighted by atomic mass is 9.99. The van der Waals surface area contributed by atoms with Crippen LogP contribution >= 0.6 is 11.5 Å². The fraction of sp³-hybridized carbons (Fsp3) is 0.750. The van der Waals surface area contributed by atoms with E-state index in [0.29, 0.717) is 5.92 Å². The second-order valence-electron chi connectivity index (χ2n) is 4.94. The highest BCUT2D eigenvalue weighted by atomic mass is 32.1. The van der Waals surface area contributed by atoms with Gasteiger partial charge in [-0.2, -0.15) is 5.26 Å². The summed E-state index contributed by atoms with van der Waals surface area (Å²) in [5.74, 6) is 0.632. The van der Waals surface area contributed by atoms with Crippen LogP contribution in [0.25, 0.3) is 0 Å². The van der Waals surface area contributed by atoms with Gasteiger partial charge in [0.2, 0.25) is 0 Å². The van der Waals surface area contributed by atoms with Crippen LogP contribution < -0.4 is 0 Å². The first-order valence-electron chi connectivity index (χ1n) is 6.13. The summed E-state index contributed by atoms with van der Waals surface area (Å²) in [7, 11) is 0. The molecule has 2 rings (SSSR count). The minimum atomic E-state index is 0.201. The Morgan fingerprint density at radius 3 is 3.12 bits per heavy atom. The standard InChI is InChI=1S/C12H18N4S/c1-9(2)12-11(17-15-14-12)8-16-5-3-4-10(6-13)7-16/h9-10H,3-5,7-8H2,1-2H3. The van der Waals surface area contributed by atoms with Gasteiger partial charge in [0.25, 0.3) is 0 Å². The van der Waals surface area contributed by atoms with Gasteiger partial charge in [-0.3, -0.25) is 4.90 Å². The second kappa shape index (κ2) is 5.56. The van der Waals surface area contributed by atoms with E-state index in [1.54, 1.807) is 0 Å². The Bertz CT molecular complexity index is 407. The Balaban J connectivity index is 2.01. The number of likely N-dealkylation sites (tertiary alicyclic amines) is 1. The average molecular weight is 250 g/mol. The van der Waals surface area contributed by atoms with Crippen molar-refractivity contribution in [3.05, 3.63) is 10.6 Å². The van der Waals surface area contributed by atoms with E-state index in [2.05, 4.69) is 34.4 Å². The molecule has 92 valence electrons. The summed E-state index contributed by atoms with van der Waals surface area (Å²) in [5, 5.41) is 13.2. The molecule has 1 aliphatic rings. The molecule has 2 heterocycles. The monoisotopic (exact) mass is 250 g/mol. The number of piperidine rings is 1. The number of hydrogen-bond acceptors (Lipinski definition) is 5. The Kier molecular flexibility index (Phi) is 4.08. The fourth-order valence-electron chi connectivity index (χ4n) is 2.27. The third-order valence-corrected chi connectivity index (χ3v) is 3.91. The van der Waals surface area contributed by atoms with Gasteiger partial charge in [-0.1, -0.05) is 18.3 Å². The van der Waals surface area contributed by atoms with Crippen LogP contribution in [-0.2, 0) is 6.54 Å². The van der Waals surface area contributed by atoms with Crippen LogP contribution in [0.5, 0.6) is 0 Å². The molecule has 1 unspecified atom stereocenters. The Morgan fingerprint density at radius 2 is 2.41 bits per heavy atom. The maximum Gasteiger partial charge on any atom is 0.0826 e. The van der Waals surface area contributed by atoms with Crippen LogP contribution in [0.3, 0.4) is 0 Å². The highest BCUT2D eigenvalue weighted by Gasteiger charge is 2.21. The lowest BCUT2D eigenvalue weighted by Gasteiger charge is -2.29. The van der Waals surface area contributed by atoms with Crippen molar-refractivity contribution in [1.82, 2.24) is 14.5 Å². The Labute approximate surface area is 106 Å². The number of nitriles is 1. The molecular formula is C12H18N4S. The van der Waals surface area contributed by atoms with Crippen molar-refractivity contribution in [2.45, 2.75) is 39.2 Å². The molecule has 1 fully saturated rings. The van der Waals surface area contributed by atoms with Gasteiger partial charge >= 0.3 is 0 Å². The number of aromatic nitrogens is 2. The number of hydrogen-bond donors (Lipinski definition) is 0. The summed E-state index contributed by atoms with van der Waals surface area (Å²) < 4.78 is 4.05. The third-order valence-electron chi connectivity index (χ3n) is 3.19. The minimum Gasteiger partial charge on any atom is -0.297 e. The molecule has 4 nitrogen and oxygen atoms in total. The maximum atomic E-state index is 8.98. The molecule has 1 aromatic heterocycles. The van der Waals surface area contributed by atoms with Gasteiger partial charge in [-0.05, 0) is 36.8 Å². The summed E-state index contributed by atoms with van der Waals surface area (Å²) in [5.41, 5.74) is 1.12. The molecule has 0 radical (unpaired) electrons. The van der Waals surface area contributed by atoms with Crippen LogP contribution in [0, 0.1) is 17.2 Å². The zero-order valence-corrected chi connectivity index (χ0v) is 11.2. The van der Waals surface area contributed by atoms with Crippen LogP contribution in [-0.4, -0.2) is 27.6 Å². The van der Waals surface area contributed by atoms with Crippen molar-refractivity contribution < 1.29 is 0 Å². The summed E-state index contributed by atoms with van der Waals surface area (Å²) in [6.45, 7) is 7.19. The van der Waals surface area contributed by atoms with Gasteiger partial charge in [-0.15, -0.1) is 5.10 Å². The van der Waals surface area contributed by atoms with E-state index in [-0.39, 0.29) is 5.92 Å². The van der Waals surface area contributed by atoms with Crippen molar-refractivity contribution in [2.24, 2.45) is 5.92 Å². The predicted octanol–water partition coefficient (Wildman–Crippen LogP) is 2.40. The van der Waals surface area contributed by atoms with E-state index >= 15 is 0 Å². The molecule has 0 N–H and O–H groups in total. The van der Waals surface area contributed by atoms with E-state index in [0.717, 1.165) is 38.2 Å². The lowest BCUT2D eigenvalue weighted by molar-refractivity contribution is 0.193. The minimum absolute atomic E-state index is 0.201. The van der Waals surface area contributed by atoms with Crippen LogP contribution in [0.4, 0.5) is 0 Å². The first-order valence-corrected chi connectivity index (χ1v) is 6.91. The molecular weight excluding hydrogens is 232 g/mol. The number of rotatable bonds is 3. The molecule has 0 spiro atoms. The van der Waals surface area contributed by atoms with E-state index in [1.807, 2.05) is 0 Å². The summed E-state index contributed by atoms with van der Waals surface area (Å²) in [6.07, 6.45) is 2.17. The first-order chi connectivity index (χ1) is 8.20. The van der Waals surface area contributed by atoms with Crippen molar-refractivity contribution >= 4 is 11.5 Å². The second-order valence-corrected chi connectivity index (χ2v) is 5.78. The zero-order chi connectivity index (χ0) is 12.3. The highest BCUT2D eigenvalue weighted by molar-refractivity contribution is 7.05. The van der Waals surface area contributed by atoms with Crippen molar-refractivity contribution in [1.29, 1.82) is 5.26 Å².